The fourth-order valence-corrected chi connectivity index (χ4v) is 10.6. The molecule has 4 heterocycles. The van der Waals surface area contributed by atoms with Gasteiger partial charge in [0, 0.05) is 73.9 Å². The lowest BCUT2D eigenvalue weighted by Crippen LogP contribution is -2.62. The van der Waals surface area contributed by atoms with Crippen LogP contribution in [0.4, 0.5) is 5.69 Å². The largest absolute Gasteiger partial charge is 0.497 e. The van der Waals surface area contributed by atoms with Gasteiger partial charge < -0.3 is 29.0 Å². The van der Waals surface area contributed by atoms with E-state index in [1.807, 2.05) is 62.5 Å². The summed E-state index contributed by atoms with van der Waals surface area (Å²) in [5, 5.41) is 5.65. The molecule has 0 radical (unpaired) electrons. The Kier molecular flexibility index (Phi) is 15.8. The number of nitrogens with one attached hydrogen (secondary N) is 2. The molecule has 1 aliphatic carbocycles. The number of cyclic esters (lactones) is 1. The highest BCUT2D eigenvalue weighted by atomic mass is 16.5. The van der Waals surface area contributed by atoms with Crippen molar-refractivity contribution < 1.29 is 33.4 Å². The fourth-order valence-electron chi connectivity index (χ4n) is 10.6. The number of esters is 1. The van der Waals surface area contributed by atoms with Gasteiger partial charge in [-0.1, -0.05) is 58.0 Å². The van der Waals surface area contributed by atoms with Gasteiger partial charge in [0.25, 0.3) is 5.91 Å². The Bertz CT molecular complexity index is 2810. The summed E-state index contributed by atoms with van der Waals surface area (Å²) in [4.78, 5) is 72.6. The van der Waals surface area contributed by atoms with Crippen molar-refractivity contribution in [2.45, 2.75) is 117 Å². The summed E-state index contributed by atoms with van der Waals surface area (Å²) in [6.07, 6.45) is 7.33. The number of aliphatic imine (C=N–C) groups is 2. The van der Waals surface area contributed by atoms with Gasteiger partial charge in [0.2, 0.25) is 11.8 Å². The van der Waals surface area contributed by atoms with Crippen LogP contribution in [-0.2, 0) is 54.6 Å². The summed E-state index contributed by atoms with van der Waals surface area (Å²) in [6.45, 7) is 11.8. The molecule has 3 aliphatic rings. The van der Waals surface area contributed by atoms with Gasteiger partial charge in [-0.3, -0.25) is 29.2 Å². The topological polar surface area (TPSA) is 169 Å². The van der Waals surface area contributed by atoms with Gasteiger partial charge >= 0.3 is 5.97 Å². The van der Waals surface area contributed by atoms with Gasteiger partial charge in [0.15, 0.2) is 0 Å². The molecule has 2 N–H and O–H groups in total. The zero-order valence-corrected chi connectivity index (χ0v) is 42.4. The fraction of sp³-hybridized carbons (Fsp3) is 0.464. The third kappa shape index (κ3) is 11.4. The number of ether oxygens (including phenoxy) is 3. The smallest absolute Gasteiger partial charge is 0.324 e. The number of benzene rings is 3. The van der Waals surface area contributed by atoms with E-state index < -0.39 is 35.4 Å². The second kappa shape index (κ2) is 22.2. The summed E-state index contributed by atoms with van der Waals surface area (Å²) >= 11 is 0. The molecule has 374 valence electrons. The molecule has 5 atom stereocenters. The lowest BCUT2D eigenvalue weighted by Gasteiger charge is -2.37. The zero-order valence-electron chi connectivity index (χ0n) is 42.4. The summed E-state index contributed by atoms with van der Waals surface area (Å²) in [6, 6.07) is 23.9. The SMILES string of the molecule is CCn1c(-c2cnccc2COC)c2c3cc(ccc31)-c1cccc(c1)C[C@H](NC(=O)[C@H](C(C)C)N(C)C(=O)C1CCC(N=C=Nc3ccc(OC)cc3)C1)C(=O)N1CCC[C@H](N1)C(=O)OCC(C)(C)C2. The standard InChI is InChI=1S/C56H68N8O7/c1-9-63-49-22-16-38-29-44(49)45(51(63)46-31-57-24-23-40(46)32-69-7)30-56(4,5)33-71-55(68)47-14-11-25-64(61-47)54(67)48(27-36-12-10-13-37(38)26-36)60-52(65)50(35(2)3)62(6)53(66)39-15-17-42(28-39)59-34-58-41-18-20-43(70-8)21-19-41/h10,12-13,16,18-24,26,29,31,35,39,42,47-48,50,61H,9,11,14-15,17,25,27-28,30,32-33H2,1-8H3,(H,60,65)/t39?,42?,47-,48-,50-/m0/s1. The van der Waals surface area contributed by atoms with E-state index in [0.717, 1.165) is 55.7 Å². The Morgan fingerprint density at radius 1 is 1.03 bits per heavy atom. The minimum Gasteiger partial charge on any atom is -0.497 e. The van der Waals surface area contributed by atoms with Crippen molar-refractivity contribution in [3.63, 3.8) is 0 Å². The molecule has 2 fully saturated rings. The van der Waals surface area contributed by atoms with Gasteiger partial charge in [0.1, 0.15) is 23.9 Å². The number of rotatable bonds is 12. The van der Waals surface area contributed by atoms with E-state index in [9.17, 15) is 19.2 Å². The van der Waals surface area contributed by atoms with Crippen molar-refractivity contribution in [1.29, 1.82) is 0 Å². The van der Waals surface area contributed by atoms with Crippen LogP contribution < -0.4 is 15.5 Å². The van der Waals surface area contributed by atoms with Crippen molar-refractivity contribution in [3.05, 3.63) is 102 Å². The number of carbonyl (C=O) groups is 4. The number of fused-ring (bicyclic) bond motifs is 6. The van der Waals surface area contributed by atoms with Crippen molar-refractivity contribution >= 4 is 46.3 Å². The molecular formula is C56H68N8O7. The predicted molar refractivity (Wildman–Crippen MR) is 274 cm³/mol. The zero-order chi connectivity index (χ0) is 50.4. The minimum absolute atomic E-state index is 0.129. The lowest BCUT2D eigenvalue weighted by atomic mass is 9.84. The number of likely N-dealkylation sites (N-methyl/N-ethyl adjacent to an activating group) is 1. The predicted octanol–water partition coefficient (Wildman–Crippen LogP) is 8.35. The van der Waals surface area contributed by atoms with E-state index in [-0.39, 0.29) is 42.7 Å². The Morgan fingerprint density at radius 3 is 2.56 bits per heavy atom. The van der Waals surface area contributed by atoms with Crippen molar-refractivity contribution in [1.82, 2.24) is 30.2 Å². The van der Waals surface area contributed by atoms with Gasteiger partial charge in [-0.05, 0) is 122 Å². The summed E-state index contributed by atoms with van der Waals surface area (Å²) in [5.41, 5.74) is 11.4. The summed E-state index contributed by atoms with van der Waals surface area (Å²) in [5.74, 6) is -1.29. The third-order valence-corrected chi connectivity index (χ3v) is 14.2. The van der Waals surface area contributed by atoms with Gasteiger partial charge in [-0.2, -0.15) is 4.99 Å². The maximum atomic E-state index is 14.8. The Labute approximate surface area is 417 Å². The van der Waals surface area contributed by atoms with E-state index in [0.29, 0.717) is 63.9 Å². The van der Waals surface area contributed by atoms with Gasteiger partial charge in [0.05, 0.1) is 43.8 Å². The Morgan fingerprint density at radius 2 is 1.82 bits per heavy atom. The van der Waals surface area contributed by atoms with Crippen LogP contribution in [0.1, 0.15) is 83.4 Å². The highest BCUT2D eigenvalue weighted by molar-refractivity contribution is 5.96. The molecule has 71 heavy (non-hydrogen) atoms. The van der Waals surface area contributed by atoms with Crippen LogP contribution in [0.5, 0.6) is 5.75 Å². The van der Waals surface area contributed by atoms with Crippen LogP contribution in [0.3, 0.4) is 0 Å². The number of hydrogen-bond acceptors (Lipinski definition) is 11. The molecule has 3 aromatic carbocycles. The number of pyridine rings is 1. The second-order valence-electron chi connectivity index (χ2n) is 20.3. The molecule has 0 spiro atoms. The lowest BCUT2D eigenvalue weighted by molar-refractivity contribution is -0.155. The molecule has 6 bridgehead atoms. The average molecular weight is 965 g/mol. The third-order valence-electron chi connectivity index (χ3n) is 14.2. The molecular weight excluding hydrogens is 897 g/mol. The van der Waals surface area contributed by atoms with Gasteiger partial charge in [-0.25, -0.2) is 10.4 Å². The average Bonchev–Trinajstić information content (AvgIpc) is 3.97. The van der Waals surface area contributed by atoms with E-state index >= 15 is 0 Å². The number of methoxy groups -OCH3 is 2. The van der Waals surface area contributed by atoms with Crippen LogP contribution in [0.25, 0.3) is 33.3 Å². The number of aryl methyl sites for hydroxylation is 1. The van der Waals surface area contributed by atoms with Crippen LogP contribution in [0, 0.1) is 17.3 Å². The number of nitrogens with zero attached hydrogens (tertiary/aromatic N) is 6. The Hall–Kier alpha value is -6.67. The quantitative estimate of drug-likeness (QED) is 0.0922. The molecule has 1 saturated heterocycles. The second-order valence-corrected chi connectivity index (χ2v) is 20.3. The molecule has 15 nitrogen and oxygen atoms in total. The number of carbonyl (C=O) groups excluding carboxylic acids is 4. The minimum atomic E-state index is -1.03. The van der Waals surface area contributed by atoms with Crippen molar-refractivity contribution in [2.75, 3.05) is 34.4 Å². The first-order valence-corrected chi connectivity index (χ1v) is 25.0. The summed E-state index contributed by atoms with van der Waals surface area (Å²) in [7, 11) is 4.97. The van der Waals surface area contributed by atoms with E-state index in [4.69, 9.17) is 14.2 Å². The van der Waals surface area contributed by atoms with E-state index in [1.54, 1.807) is 27.5 Å². The van der Waals surface area contributed by atoms with Crippen LogP contribution in [0.2, 0.25) is 0 Å². The van der Waals surface area contributed by atoms with Crippen LogP contribution in [-0.4, -0.2) is 108 Å². The summed E-state index contributed by atoms with van der Waals surface area (Å²) < 4.78 is 19.4. The molecule has 8 rings (SSSR count). The monoisotopic (exact) mass is 965 g/mol. The molecule has 2 unspecified atom stereocenters. The normalized spacial score (nSPS) is 20.7. The molecule has 3 amide bonds. The highest BCUT2D eigenvalue weighted by Gasteiger charge is 2.40. The van der Waals surface area contributed by atoms with Gasteiger partial charge in [-0.15, -0.1) is 0 Å². The highest BCUT2D eigenvalue weighted by Crippen LogP contribution is 2.41. The first-order valence-electron chi connectivity index (χ1n) is 25.0. The maximum Gasteiger partial charge on any atom is 0.324 e. The number of hydrogen-bond donors (Lipinski definition) is 2. The molecule has 5 aromatic rings. The number of aromatic nitrogens is 2. The Balaban J connectivity index is 1.10. The molecule has 2 aromatic heterocycles. The van der Waals surface area contributed by atoms with E-state index in [2.05, 4.69) is 87.4 Å². The van der Waals surface area contributed by atoms with Crippen molar-refractivity contribution in [3.8, 4) is 28.1 Å². The van der Waals surface area contributed by atoms with Crippen LogP contribution >= 0.6 is 0 Å². The van der Waals surface area contributed by atoms with E-state index in [1.165, 1.54) is 9.91 Å². The van der Waals surface area contributed by atoms with Crippen molar-refractivity contribution in [2.24, 2.45) is 27.2 Å². The number of amides is 3. The molecule has 2 aliphatic heterocycles. The maximum absolute atomic E-state index is 14.8. The molecule has 15 heteroatoms. The van der Waals surface area contributed by atoms with Crippen LogP contribution in [0.15, 0.2) is 95.2 Å². The first kappa shape index (κ1) is 50.7. The molecule has 1 saturated carbocycles. The first-order chi connectivity index (χ1) is 34.2. The number of hydrazine groups is 1.